The normalized spacial score (nSPS) is 13.8. The molecule has 0 bridgehead atoms. The quantitative estimate of drug-likeness (QED) is 0.726. The van der Waals surface area contributed by atoms with Gasteiger partial charge in [-0.3, -0.25) is 0 Å². The van der Waals surface area contributed by atoms with Crippen LogP contribution in [0.15, 0.2) is 32.6 Å². The Kier molecular flexibility index (Phi) is 4.22. The van der Waals surface area contributed by atoms with E-state index in [1.54, 1.807) is 7.05 Å². The van der Waals surface area contributed by atoms with Crippen LogP contribution >= 0.6 is 11.3 Å². The second-order valence-corrected chi connectivity index (χ2v) is 6.95. The lowest BCUT2D eigenvalue weighted by atomic mass is 10.3. The van der Waals surface area contributed by atoms with Crippen molar-refractivity contribution in [2.24, 2.45) is 0 Å². The Bertz CT molecular complexity index is 853. The maximum atomic E-state index is 12.2. The van der Waals surface area contributed by atoms with E-state index in [-0.39, 0.29) is 12.6 Å². The lowest BCUT2D eigenvalue weighted by Crippen LogP contribution is -2.36. The first kappa shape index (κ1) is 15.8. The van der Waals surface area contributed by atoms with Crippen LogP contribution in [0.4, 0.5) is 4.79 Å². The first-order chi connectivity index (χ1) is 12.2. The molecule has 1 N–H and O–H groups in total. The van der Waals surface area contributed by atoms with E-state index in [0.717, 1.165) is 29.2 Å². The topological polar surface area (TPSA) is 97.3 Å². The number of urea groups is 1. The van der Waals surface area contributed by atoms with Gasteiger partial charge in [-0.1, -0.05) is 16.4 Å². The minimum atomic E-state index is -0.238. The lowest BCUT2D eigenvalue weighted by molar-refractivity contribution is 0.204. The largest absolute Gasteiger partial charge is 0.361 e. The molecule has 3 aromatic rings. The molecule has 0 atom stereocenters. The second-order valence-electron chi connectivity index (χ2n) is 6.00. The fraction of sp³-hybridized carbons (Fsp3) is 0.375. The van der Waals surface area contributed by atoms with Crippen molar-refractivity contribution < 1.29 is 13.8 Å². The van der Waals surface area contributed by atoms with E-state index < -0.39 is 0 Å². The predicted molar refractivity (Wildman–Crippen MR) is 89.8 cm³/mol. The summed E-state index contributed by atoms with van der Waals surface area (Å²) in [5, 5.41) is 12.6. The van der Waals surface area contributed by atoms with Gasteiger partial charge in [0.05, 0.1) is 18.0 Å². The molecule has 8 nitrogen and oxygen atoms in total. The molecular weight excluding hydrogens is 342 g/mol. The van der Waals surface area contributed by atoms with E-state index in [4.69, 9.17) is 9.05 Å². The van der Waals surface area contributed by atoms with Gasteiger partial charge < -0.3 is 19.3 Å². The third-order valence-corrected chi connectivity index (χ3v) is 4.76. The van der Waals surface area contributed by atoms with E-state index >= 15 is 0 Å². The summed E-state index contributed by atoms with van der Waals surface area (Å²) in [5.74, 6) is 2.32. The van der Waals surface area contributed by atoms with Crippen molar-refractivity contribution in [2.75, 3.05) is 7.05 Å². The van der Waals surface area contributed by atoms with Crippen LogP contribution in [0.2, 0.25) is 0 Å². The summed E-state index contributed by atoms with van der Waals surface area (Å²) in [7, 11) is 1.70. The summed E-state index contributed by atoms with van der Waals surface area (Å²) in [4.78, 5) is 18.9. The average Bonchev–Trinajstić information content (AvgIpc) is 3.05. The number of nitrogens with one attached hydrogen (secondary N) is 1. The zero-order chi connectivity index (χ0) is 17.2. The van der Waals surface area contributed by atoms with Gasteiger partial charge in [0.25, 0.3) is 5.89 Å². The van der Waals surface area contributed by atoms with Crippen molar-refractivity contribution >= 4 is 17.4 Å². The molecule has 3 aromatic heterocycles. The monoisotopic (exact) mass is 359 g/mol. The number of rotatable bonds is 6. The van der Waals surface area contributed by atoms with Crippen LogP contribution in [-0.2, 0) is 13.1 Å². The molecule has 3 heterocycles. The Balaban J connectivity index is 1.29. The summed E-state index contributed by atoms with van der Waals surface area (Å²) in [6.07, 6.45) is 2.31. The molecular formula is C16H17N5O3S. The Labute approximate surface area is 147 Å². The van der Waals surface area contributed by atoms with Crippen LogP contribution < -0.4 is 5.32 Å². The molecule has 0 saturated heterocycles. The number of hydrogen-bond donors (Lipinski definition) is 1. The average molecular weight is 359 g/mol. The zero-order valence-corrected chi connectivity index (χ0v) is 14.5. The van der Waals surface area contributed by atoms with Crippen molar-refractivity contribution in [3.05, 3.63) is 40.9 Å². The SMILES string of the molecule is CN(Cc1cc(C2CC2)on1)C(=O)NCc1noc(-c2cccs2)n1. The molecule has 4 rings (SSSR count). The summed E-state index contributed by atoms with van der Waals surface area (Å²) in [6, 6.07) is 5.51. The maximum absolute atomic E-state index is 12.2. The predicted octanol–water partition coefficient (Wildman–Crippen LogP) is 3.01. The van der Waals surface area contributed by atoms with Crippen molar-refractivity contribution in [1.82, 2.24) is 25.5 Å². The summed E-state index contributed by atoms with van der Waals surface area (Å²) >= 11 is 1.52. The van der Waals surface area contributed by atoms with Gasteiger partial charge >= 0.3 is 6.03 Å². The van der Waals surface area contributed by atoms with Gasteiger partial charge in [0.2, 0.25) is 0 Å². The molecule has 1 aliphatic rings. The molecule has 130 valence electrons. The summed E-state index contributed by atoms with van der Waals surface area (Å²) in [5.41, 5.74) is 0.749. The second kappa shape index (κ2) is 6.67. The van der Waals surface area contributed by atoms with E-state index in [2.05, 4.69) is 20.6 Å². The molecule has 0 spiro atoms. The van der Waals surface area contributed by atoms with Crippen molar-refractivity contribution in [3.8, 4) is 10.8 Å². The molecule has 9 heteroatoms. The Morgan fingerprint density at radius 3 is 3.04 bits per heavy atom. The van der Waals surface area contributed by atoms with Crippen LogP contribution in [0, 0.1) is 0 Å². The van der Waals surface area contributed by atoms with Gasteiger partial charge in [-0.15, -0.1) is 11.3 Å². The fourth-order valence-corrected chi connectivity index (χ4v) is 3.04. The lowest BCUT2D eigenvalue weighted by Gasteiger charge is -2.15. The smallest absolute Gasteiger partial charge is 0.317 e. The molecule has 2 amide bonds. The van der Waals surface area contributed by atoms with Crippen LogP contribution in [0.3, 0.4) is 0 Å². The molecule has 0 aromatic carbocycles. The first-order valence-corrected chi connectivity index (χ1v) is 8.88. The Morgan fingerprint density at radius 1 is 1.40 bits per heavy atom. The highest BCUT2D eigenvalue weighted by Gasteiger charge is 2.28. The van der Waals surface area contributed by atoms with Crippen molar-refractivity contribution in [1.29, 1.82) is 0 Å². The Morgan fingerprint density at radius 2 is 2.28 bits per heavy atom. The summed E-state index contributed by atoms with van der Waals surface area (Å²) in [6.45, 7) is 0.582. The molecule has 1 saturated carbocycles. The zero-order valence-electron chi connectivity index (χ0n) is 13.6. The van der Waals surface area contributed by atoms with Gasteiger partial charge in [0, 0.05) is 19.0 Å². The molecule has 0 unspecified atom stereocenters. The van der Waals surface area contributed by atoms with Gasteiger partial charge in [-0.05, 0) is 24.3 Å². The molecule has 25 heavy (non-hydrogen) atoms. The van der Waals surface area contributed by atoms with Crippen molar-refractivity contribution in [2.45, 2.75) is 31.8 Å². The standard InChI is InChI=1S/C16H17N5O3S/c1-21(9-11-7-12(23-19-11)10-4-5-10)16(22)17-8-14-18-15(24-20-14)13-3-2-6-25-13/h2-3,6-7,10H,4-5,8-9H2,1H3,(H,17,22). The number of carbonyl (C=O) groups is 1. The highest BCUT2D eigenvalue weighted by Crippen LogP contribution is 2.40. The van der Waals surface area contributed by atoms with E-state index in [1.165, 1.54) is 16.2 Å². The van der Waals surface area contributed by atoms with E-state index in [0.29, 0.717) is 24.2 Å². The Hall–Kier alpha value is -2.68. The minimum Gasteiger partial charge on any atom is -0.361 e. The van der Waals surface area contributed by atoms with E-state index in [1.807, 2.05) is 23.6 Å². The number of thiophene rings is 1. The van der Waals surface area contributed by atoms with Gasteiger partial charge in [0.1, 0.15) is 11.5 Å². The third kappa shape index (κ3) is 3.71. The van der Waals surface area contributed by atoms with E-state index in [9.17, 15) is 4.79 Å². The van der Waals surface area contributed by atoms with Crippen LogP contribution in [-0.4, -0.2) is 33.3 Å². The van der Waals surface area contributed by atoms with Gasteiger partial charge in [-0.2, -0.15) is 4.98 Å². The highest BCUT2D eigenvalue weighted by atomic mass is 32.1. The van der Waals surface area contributed by atoms with Crippen molar-refractivity contribution in [3.63, 3.8) is 0 Å². The number of carbonyl (C=O) groups excluding carboxylic acids is 1. The first-order valence-electron chi connectivity index (χ1n) is 8.00. The highest BCUT2D eigenvalue weighted by molar-refractivity contribution is 7.13. The van der Waals surface area contributed by atoms with Crippen LogP contribution in [0.25, 0.3) is 10.8 Å². The van der Waals surface area contributed by atoms with Crippen LogP contribution in [0.5, 0.6) is 0 Å². The van der Waals surface area contributed by atoms with Gasteiger partial charge in [-0.25, -0.2) is 4.79 Å². The minimum absolute atomic E-state index is 0.199. The number of aromatic nitrogens is 3. The molecule has 0 aliphatic heterocycles. The number of nitrogens with zero attached hydrogens (tertiary/aromatic N) is 4. The maximum Gasteiger partial charge on any atom is 0.317 e. The molecule has 0 radical (unpaired) electrons. The van der Waals surface area contributed by atoms with Gasteiger partial charge in [0.15, 0.2) is 5.82 Å². The molecule has 1 aliphatic carbocycles. The van der Waals surface area contributed by atoms with Crippen LogP contribution in [0.1, 0.15) is 36.0 Å². The third-order valence-electron chi connectivity index (χ3n) is 3.90. The number of amides is 2. The fourth-order valence-electron chi connectivity index (χ4n) is 2.39. The number of hydrogen-bond acceptors (Lipinski definition) is 7. The molecule has 1 fully saturated rings. The summed E-state index contributed by atoms with van der Waals surface area (Å²) < 4.78 is 10.5.